The smallest absolute Gasteiger partial charge is 0.316 e. The second-order valence-electron chi connectivity index (χ2n) is 10.2. The van der Waals surface area contributed by atoms with Crippen molar-refractivity contribution >= 4 is 33.3 Å². The highest BCUT2D eigenvalue weighted by molar-refractivity contribution is 7.18. The third kappa shape index (κ3) is 5.75. The zero-order valence-corrected chi connectivity index (χ0v) is 24.1. The number of thiophene rings is 1. The molecule has 0 unspecified atom stereocenters. The predicted octanol–water partition coefficient (Wildman–Crippen LogP) is 6.21. The number of hydrogen-bond acceptors (Lipinski definition) is 7. The molecule has 40 heavy (non-hydrogen) atoms. The maximum Gasteiger partial charge on any atom is 0.316 e. The molecule has 0 amide bonds. The van der Waals surface area contributed by atoms with Gasteiger partial charge in [0.2, 0.25) is 0 Å². The van der Waals surface area contributed by atoms with Crippen LogP contribution in [0, 0.1) is 12.7 Å². The lowest BCUT2D eigenvalue weighted by Crippen LogP contribution is -2.33. The van der Waals surface area contributed by atoms with E-state index in [0.717, 1.165) is 61.9 Å². The fourth-order valence-electron chi connectivity index (χ4n) is 5.32. The minimum atomic E-state index is -0.400. The number of piperidine rings is 1. The van der Waals surface area contributed by atoms with Crippen LogP contribution in [-0.2, 0) is 26.2 Å². The van der Waals surface area contributed by atoms with E-state index in [4.69, 9.17) is 21.3 Å². The Morgan fingerprint density at radius 3 is 2.77 bits per heavy atom. The highest BCUT2D eigenvalue weighted by Gasteiger charge is 2.24. The van der Waals surface area contributed by atoms with Gasteiger partial charge in [0.15, 0.2) is 0 Å². The number of fused-ring (bicyclic) bond motifs is 1. The first-order valence-corrected chi connectivity index (χ1v) is 14.7. The summed E-state index contributed by atoms with van der Waals surface area (Å²) in [5, 5.41) is 0.355. The van der Waals surface area contributed by atoms with Crippen LogP contribution < -0.4 is 4.74 Å². The molecule has 4 aromatic heterocycles. The van der Waals surface area contributed by atoms with Gasteiger partial charge in [0.25, 0.3) is 0 Å². The number of benzene rings is 1. The van der Waals surface area contributed by atoms with Crippen LogP contribution in [0.3, 0.4) is 0 Å². The van der Waals surface area contributed by atoms with Gasteiger partial charge < -0.3 is 13.9 Å². The Bertz CT molecular complexity index is 1620. The molecule has 0 N–H and O–H groups in total. The van der Waals surface area contributed by atoms with E-state index >= 15 is 0 Å². The van der Waals surface area contributed by atoms with E-state index in [1.54, 1.807) is 29.7 Å². The van der Waals surface area contributed by atoms with Crippen LogP contribution in [0.15, 0.2) is 49.1 Å². The Balaban J connectivity index is 1.10. The molecule has 0 radical (unpaired) electrons. The average molecular weight is 580 g/mol. The first-order valence-electron chi connectivity index (χ1n) is 13.5. The standard InChI is InChI=1S/C29H31ClFN7OS/c1-3-37-18-32-14-23(37)15-38-26-12-19(2)40-28(26)35-27(38)16-36-10-7-20(8-11-36)25-6-9-33-29(34-25)39-17-21-4-5-22(30)13-24(21)31/h4-6,9,12-14,18,20H,3,7-8,10-11,15-17H2,1-2H3. The maximum atomic E-state index is 14.1. The van der Waals surface area contributed by atoms with E-state index in [1.165, 1.54) is 22.2 Å². The summed E-state index contributed by atoms with van der Waals surface area (Å²) in [4.78, 5) is 23.1. The molecule has 0 saturated carbocycles. The van der Waals surface area contributed by atoms with Gasteiger partial charge in [-0.25, -0.2) is 19.3 Å². The molecule has 0 atom stereocenters. The Morgan fingerprint density at radius 2 is 1.98 bits per heavy atom. The molecule has 8 nitrogen and oxygen atoms in total. The van der Waals surface area contributed by atoms with E-state index in [9.17, 15) is 4.39 Å². The lowest BCUT2D eigenvalue weighted by atomic mass is 9.93. The molecule has 5 aromatic rings. The highest BCUT2D eigenvalue weighted by atomic mass is 35.5. The first-order chi connectivity index (χ1) is 19.5. The fraction of sp³-hybridized carbons (Fsp3) is 0.379. The number of hydrogen-bond donors (Lipinski definition) is 0. The normalized spacial score (nSPS) is 14.8. The maximum absolute atomic E-state index is 14.1. The summed E-state index contributed by atoms with van der Waals surface area (Å²) in [6.45, 7) is 8.69. The molecule has 0 aliphatic carbocycles. The number of likely N-dealkylation sites (tertiary alicyclic amines) is 1. The molecule has 0 spiro atoms. The Hall–Kier alpha value is -3.34. The molecule has 1 saturated heterocycles. The minimum absolute atomic E-state index is 0.0492. The molecule has 1 aliphatic rings. The summed E-state index contributed by atoms with van der Waals surface area (Å²) in [6.07, 6.45) is 7.54. The number of halogens is 2. The van der Waals surface area contributed by atoms with Crippen molar-refractivity contribution in [3.8, 4) is 6.01 Å². The SMILES string of the molecule is CCn1cncc1Cn1c(CN2CCC(c3ccnc(OCc4ccc(Cl)cc4F)n3)CC2)nc2sc(C)cc21. The molecule has 1 aliphatic heterocycles. The van der Waals surface area contributed by atoms with Crippen molar-refractivity contribution in [2.45, 2.75) is 58.8 Å². The number of aromatic nitrogens is 6. The fourth-order valence-corrected chi connectivity index (χ4v) is 6.38. The van der Waals surface area contributed by atoms with Gasteiger partial charge in [0.05, 0.1) is 36.3 Å². The molecule has 5 heterocycles. The zero-order chi connectivity index (χ0) is 27.6. The lowest BCUT2D eigenvalue weighted by Gasteiger charge is -2.31. The number of rotatable bonds is 9. The topological polar surface area (TPSA) is 73.9 Å². The van der Waals surface area contributed by atoms with Crippen LogP contribution in [0.5, 0.6) is 6.01 Å². The molecule has 1 fully saturated rings. The number of aryl methyl sites for hydroxylation is 2. The molecule has 11 heteroatoms. The van der Waals surface area contributed by atoms with Crippen molar-refractivity contribution < 1.29 is 9.13 Å². The van der Waals surface area contributed by atoms with Crippen LogP contribution in [0.1, 0.15) is 53.3 Å². The molecule has 1 aromatic carbocycles. The van der Waals surface area contributed by atoms with Crippen molar-refractivity contribution in [1.82, 2.24) is 34.0 Å². The van der Waals surface area contributed by atoms with Gasteiger partial charge in [0, 0.05) is 40.3 Å². The Morgan fingerprint density at radius 1 is 1.12 bits per heavy atom. The van der Waals surface area contributed by atoms with Crippen LogP contribution in [0.2, 0.25) is 5.02 Å². The van der Waals surface area contributed by atoms with Gasteiger partial charge in [-0.05, 0) is 64.0 Å². The largest absolute Gasteiger partial charge is 0.458 e. The van der Waals surface area contributed by atoms with Gasteiger partial charge in [-0.15, -0.1) is 11.3 Å². The summed E-state index contributed by atoms with van der Waals surface area (Å²) in [6, 6.07) is 9.00. The van der Waals surface area contributed by atoms with Crippen molar-refractivity contribution in [2.75, 3.05) is 13.1 Å². The van der Waals surface area contributed by atoms with Crippen molar-refractivity contribution in [3.05, 3.63) is 87.5 Å². The van der Waals surface area contributed by atoms with Gasteiger partial charge in [0.1, 0.15) is 23.1 Å². The van der Waals surface area contributed by atoms with Gasteiger partial charge in [-0.3, -0.25) is 4.90 Å². The molecule has 208 valence electrons. The average Bonchev–Trinajstić information content (AvgIpc) is 3.64. The van der Waals surface area contributed by atoms with Gasteiger partial charge in [-0.2, -0.15) is 4.98 Å². The number of ether oxygens (including phenoxy) is 1. The third-order valence-corrected chi connectivity index (χ3v) is 8.68. The van der Waals surface area contributed by atoms with E-state index in [-0.39, 0.29) is 12.6 Å². The van der Waals surface area contributed by atoms with Crippen molar-refractivity contribution in [2.24, 2.45) is 0 Å². The minimum Gasteiger partial charge on any atom is -0.458 e. The second-order valence-corrected chi connectivity index (χ2v) is 11.8. The summed E-state index contributed by atoms with van der Waals surface area (Å²) >= 11 is 7.60. The second kappa shape index (κ2) is 11.6. The first kappa shape index (κ1) is 26.9. The summed E-state index contributed by atoms with van der Waals surface area (Å²) in [5.41, 5.74) is 3.76. The van der Waals surface area contributed by atoms with Crippen LogP contribution in [0.25, 0.3) is 10.3 Å². The number of imidazole rings is 2. The summed E-state index contributed by atoms with van der Waals surface area (Å²) in [7, 11) is 0. The lowest BCUT2D eigenvalue weighted by molar-refractivity contribution is 0.196. The third-order valence-electron chi connectivity index (χ3n) is 7.51. The molecular formula is C29H31ClFN7OS. The van der Waals surface area contributed by atoms with Gasteiger partial charge in [-0.1, -0.05) is 17.7 Å². The van der Waals surface area contributed by atoms with E-state index < -0.39 is 5.82 Å². The zero-order valence-electron chi connectivity index (χ0n) is 22.6. The molecular weight excluding hydrogens is 549 g/mol. The van der Waals surface area contributed by atoms with E-state index in [2.05, 4.69) is 48.9 Å². The Labute approximate surface area is 241 Å². The van der Waals surface area contributed by atoms with Crippen LogP contribution >= 0.6 is 22.9 Å². The Kier molecular flexibility index (Phi) is 7.82. The van der Waals surface area contributed by atoms with Crippen LogP contribution in [0.4, 0.5) is 4.39 Å². The summed E-state index contributed by atoms with van der Waals surface area (Å²) < 4.78 is 24.4. The summed E-state index contributed by atoms with van der Waals surface area (Å²) in [5.74, 6) is 1.01. The van der Waals surface area contributed by atoms with Crippen LogP contribution in [-0.4, -0.2) is 47.1 Å². The van der Waals surface area contributed by atoms with E-state index in [0.29, 0.717) is 16.5 Å². The quantitative estimate of drug-likeness (QED) is 0.207. The monoisotopic (exact) mass is 579 g/mol. The molecule has 0 bridgehead atoms. The van der Waals surface area contributed by atoms with Gasteiger partial charge >= 0.3 is 6.01 Å². The van der Waals surface area contributed by atoms with Crippen molar-refractivity contribution in [1.29, 1.82) is 0 Å². The molecule has 6 rings (SSSR count). The number of nitrogens with zero attached hydrogens (tertiary/aromatic N) is 7. The van der Waals surface area contributed by atoms with Crippen molar-refractivity contribution in [3.63, 3.8) is 0 Å². The van der Waals surface area contributed by atoms with E-state index in [1.807, 2.05) is 18.6 Å². The predicted molar refractivity (Wildman–Crippen MR) is 154 cm³/mol. The highest BCUT2D eigenvalue weighted by Crippen LogP contribution is 2.31.